The van der Waals surface area contributed by atoms with Gasteiger partial charge in [0.25, 0.3) is 0 Å². The number of ether oxygens (including phenoxy) is 1. The number of aromatic nitrogens is 3. The van der Waals surface area contributed by atoms with Crippen LogP contribution in [0.3, 0.4) is 0 Å². The molecule has 142 valence electrons. The number of thiazole rings is 1. The molecule has 7 nitrogen and oxygen atoms in total. The molecule has 0 amide bonds. The van der Waals surface area contributed by atoms with E-state index in [1.165, 1.54) is 15.6 Å². The Kier molecular flexibility index (Phi) is 5.83. The molecule has 0 spiro atoms. The van der Waals surface area contributed by atoms with Crippen molar-refractivity contribution in [1.82, 2.24) is 19.3 Å². The molecule has 2 heterocycles. The van der Waals surface area contributed by atoms with Crippen LogP contribution >= 0.6 is 11.3 Å². The van der Waals surface area contributed by atoms with Crippen LogP contribution in [0.25, 0.3) is 21.1 Å². The zero-order valence-corrected chi connectivity index (χ0v) is 16.9. The Morgan fingerprint density at radius 2 is 1.81 bits per heavy atom. The summed E-state index contributed by atoms with van der Waals surface area (Å²) in [5, 5.41) is 0.690. The Morgan fingerprint density at radius 3 is 2.37 bits per heavy atom. The highest BCUT2D eigenvalue weighted by Crippen LogP contribution is 2.39. The van der Waals surface area contributed by atoms with E-state index >= 15 is 0 Å². The lowest BCUT2D eigenvalue weighted by molar-refractivity contribution is 0.402. The van der Waals surface area contributed by atoms with Crippen molar-refractivity contribution in [3.05, 3.63) is 42.9 Å². The van der Waals surface area contributed by atoms with Gasteiger partial charge in [0.2, 0.25) is 15.9 Å². The predicted molar refractivity (Wildman–Crippen MR) is 105 cm³/mol. The van der Waals surface area contributed by atoms with Gasteiger partial charge in [-0.2, -0.15) is 9.29 Å². The Balaban J connectivity index is 1.97. The van der Waals surface area contributed by atoms with Gasteiger partial charge in [0.05, 0.1) is 23.1 Å². The molecule has 27 heavy (non-hydrogen) atoms. The Hall–Kier alpha value is -2.36. The summed E-state index contributed by atoms with van der Waals surface area (Å²) in [4.78, 5) is 13.9. The van der Waals surface area contributed by atoms with E-state index in [9.17, 15) is 8.42 Å². The zero-order valence-electron chi connectivity index (χ0n) is 15.3. The summed E-state index contributed by atoms with van der Waals surface area (Å²) < 4.78 is 32.1. The lowest BCUT2D eigenvalue weighted by Gasteiger charge is -2.18. The van der Waals surface area contributed by atoms with Gasteiger partial charge < -0.3 is 4.74 Å². The second-order valence-electron chi connectivity index (χ2n) is 5.56. The highest BCUT2D eigenvalue weighted by Gasteiger charge is 2.22. The van der Waals surface area contributed by atoms with Crippen molar-refractivity contribution >= 4 is 21.4 Å². The molecule has 0 fully saturated rings. The topological polar surface area (TPSA) is 85.3 Å². The van der Waals surface area contributed by atoms with Gasteiger partial charge in [0.15, 0.2) is 0 Å². The van der Waals surface area contributed by atoms with Gasteiger partial charge in [-0.25, -0.2) is 8.42 Å². The number of hydrogen-bond donors (Lipinski definition) is 0. The fraction of sp³-hybridized carbons (Fsp3) is 0.278. The summed E-state index contributed by atoms with van der Waals surface area (Å²) in [6, 6.07) is 6.77. The number of hydrogen-bond acceptors (Lipinski definition) is 7. The van der Waals surface area contributed by atoms with E-state index < -0.39 is 10.0 Å². The number of sulfonamides is 1. The zero-order chi connectivity index (χ0) is 19.4. The maximum atomic E-state index is 12.6. The van der Waals surface area contributed by atoms with Crippen molar-refractivity contribution in [3.8, 4) is 27.0 Å². The second-order valence-corrected chi connectivity index (χ2v) is 8.50. The summed E-state index contributed by atoms with van der Waals surface area (Å²) >= 11 is 1.42. The van der Waals surface area contributed by atoms with Crippen LogP contribution in [0.2, 0.25) is 0 Å². The van der Waals surface area contributed by atoms with Gasteiger partial charge in [-0.15, -0.1) is 11.3 Å². The van der Waals surface area contributed by atoms with E-state index in [0.29, 0.717) is 29.7 Å². The molecule has 0 aliphatic rings. The van der Waals surface area contributed by atoms with Crippen LogP contribution in [0.4, 0.5) is 0 Å². The maximum absolute atomic E-state index is 12.6. The van der Waals surface area contributed by atoms with Crippen LogP contribution in [0.5, 0.6) is 5.88 Å². The molecule has 0 N–H and O–H groups in total. The SMILES string of the molecule is CCN(CC)S(=O)(=O)c1ccc(-c2sc(-c3cnccn3)nc2OC)cc1. The van der Waals surface area contributed by atoms with E-state index in [0.717, 1.165) is 10.4 Å². The van der Waals surface area contributed by atoms with Crippen molar-refractivity contribution in [2.24, 2.45) is 0 Å². The highest BCUT2D eigenvalue weighted by atomic mass is 32.2. The lowest BCUT2D eigenvalue weighted by Crippen LogP contribution is -2.30. The molecule has 0 unspecified atom stereocenters. The molecule has 0 bridgehead atoms. The van der Waals surface area contributed by atoms with Crippen LogP contribution < -0.4 is 4.74 Å². The fourth-order valence-electron chi connectivity index (χ4n) is 2.64. The average Bonchev–Trinajstić information content (AvgIpc) is 3.14. The van der Waals surface area contributed by atoms with Gasteiger partial charge in [-0.3, -0.25) is 9.97 Å². The van der Waals surface area contributed by atoms with Crippen molar-refractivity contribution in [1.29, 1.82) is 0 Å². The molecule has 9 heteroatoms. The number of benzene rings is 1. The Morgan fingerprint density at radius 1 is 1.11 bits per heavy atom. The third-order valence-corrected chi connectivity index (χ3v) is 7.20. The molecular weight excluding hydrogens is 384 g/mol. The number of rotatable bonds is 7. The summed E-state index contributed by atoms with van der Waals surface area (Å²) in [6.07, 6.45) is 4.85. The molecule has 3 rings (SSSR count). The van der Waals surface area contributed by atoms with E-state index in [1.807, 2.05) is 13.8 Å². The van der Waals surface area contributed by atoms with Crippen LogP contribution in [0.1, 0.15) is 13.8 Å². The molecule has 0 aliphatic carbocycles. The molecule has 0 aliphatic heterocycles. The van der Waals surface area contributed by atoms with Crippen molar-refractivity contribution in [2.75, 3.05) is 20.2 Å². The van der Waals surface area contributed by atoms with Crippen LogP contribution in [-0.2, 0) is 10.0 Å². The van der Waals surface area contributed by atoms with Gasteiger partial charge in [0, 0.05) is 25.5 Å². The molecule has 0 saturated carbocycles. The second kappa shape index (κ2) is 8.12. The fourth-order valence-corrected chi connectivity index (χ4v) is 5.10. The van der Waals surface area contributed by atoms with Crippen molar-refractivity contribution in [2.45, 2.75) is 18.7 Å². The average molecular weight is 405 g/mol. The molecule has 0 saturated heterocycles. The number of nitrogens with zero attached hydrogens (tertiary/aromatic N) is 4. The minimum absolute atomic E-state index is 0.271. The predicted octanol–water partition coefficient (Wildman–Crippen LogP) is 3.31. The first-order valence-corrected chi connectivity index (χ1v) is 10.7. The molecular formula is C18H20N4O3S2. The standard InChI is InChI=1S/C18H20N4O3S2/c1-4-22(5-2)27(23,24)14-8-6-13(7-9-14)16-17(25-3)21-18(26-16)15-12-19-10-11-20-15/h6-12H,4-5H2,1-3H3. The molecule has 3 aromatic rings. The van der Waals surface area contributed by atoms with E-state index in [4.69, 9.17) is 4.74 Å². The summed E-state index contributed by atoms with van der Waals surface area (Å²) in [5.74, 6) is 0.472. The minimum Gasteiger partial charge on any atom is -0.480 e. The first-order chi connectivity index (χ1) is 13.0. The smallest absolute Gasteiger partial charge is 0.243 e. The van der Waals surface area contributed by atoms with Crippen LogP contribution in [-0.4, -0.2) is 47.9 Å². The molecule has 0 atom stereocenters. The van der Waals surface area contributed by atoms with E-state index in [2.05, 4.69) is 15.0 Å². The quantitative estimate of drug-likeness (QED) is 0.601. The van der Waals surface area contributed by atoms with E-state index in [1.54, 1.807) is 50.0 Å². The Labute approximate surface area is 162 Å². The summed E-state index contributed by atoms with van der Waals surface area (Å²) in [7, 11) is -1.93. The van der Waals surface area contributed by atoms with Gasteiger partial charge in [-0.1, -0.05) is 26.0 Å². The van der Waals surface area contributed by atoms with Crippen molar-refractivity contribution < 1.29 is 13.2 Å². The molecule has 2 aromatic heterocycles. The van der Waals surface area contributed by atoms with Crippen molar-refractivity contribution in [3.63, 3.8) is 0 Å². The number of methoxy groups -OCH3 is 1. The van der Waals surface area contributed by atoms with Gasteiger partial charge in [0.1, 0.15) is 10.7 Å². The normalized spacial score (nSPS) is 11.7. The van der Waals surface area contributed by atoms with Gasteiger partial charge >= 0.3 is 0 Å². The molecule has 1 aromatic carbocycles. The first kappa shape index (κ1) is 19.4. The van der Waals surface area contributed by atoms with Gasteiger partial charge in [-0.05, 0) is 17.7 Å². The van der Waals surface area contributed by atoms with Crippen LogP contribution in [0, 0.1) is 0 Å². The third kappa shape index (κ3) is 3.85. The third-order valence-electron chi connectivity index (χ3n) is 4.03. The largest absolute Gasteiger partial charge is 0.480 e. The highest BCUT2D eigenvalue weighted by molar-refractivity contribution is 7.89. The maximum Gasteiger partial charge on any atom is 0.243 e. The summed E-state index contributed by atoms with van der Waals surface area (Å²) in [5.41, 5.74) is 1.49. The first-order valence-electron chi connectivity index (χ1n) is 8.43. The van der Waals surface area contributed by atoms with Crippen LogP contribution in [0.15, 0.2) is 47.8 Å². The monoisotopic (exact) mass is 404 g/mol. The van der Waals surface area contributed by atoms with E-state index in [-0.39, 0.29) is 4.90 Å². The molecule has 0 radical (unpaired) electrons. The lowest BCUT2D eigenvalue weighted by atomic mass is 10.2. The Bertz CT molecular complexity index is 999. The minimum atomic E-state index is -3.48. The summed E-state index contributed by atoms with van der Waals surface area (Å²) in [6.45, 7) is 4.52.